The summed E-state index contributed by atoms with van der Waals surface area (Å²) in [6, 6.07) is 15.2. The van der Waals surface area contributed by atoms with E-state index in [2.05, 4.69) is 10.3 Å². The minimum Gasteiger partial charge on any atom is -0.479 e. The molecule has 0 spiro atoms. The fourth-order valence-corrected chi connectivity index (χ4v) is 3.38. The van der Waals surface area contributed by atoms with Crippen molar-refractivity contribution in [1.29, 1.82) is 0 Å². The number of carbonyl (C=O) groups excluding carboxylic acids is 2. The summed E-state index contributed by atoms with van der Waals surface area (Å²) in [5.74, 6) is 0.164. The van der Waals surface area contributed by atoms with Crippen molar-refractivity contribution in [2.45, 2.75) is 26.1 Å². The lowest BCUT2D eigenvalue weighted by atomic mass is 10.1. The number of nitrogens with zero attached hydrogens (tertiary/aromatic N) is 3. The van der Waals surface area contributed by atoms with E-state index in [0.29, 0.717) is 24.5 Å². The normalized spacial score (nSPS) is 15.6. The number of aromatic nitrogens is 2. The minimum absolute atomic E-state index is 0.0484. The van der Waals surface area contributed by atoms with Gasteiger partial charge in [0.05, 0.1) is 12.0 Å². The van der Waals surface area contributed by atoms with Crippen molar-refractivity contribution in [3.05, 3.63) is 78.4 Å². The van der Waals surface area contributed by atoms with Crippen LogP contribution in [-0.4, -0.2) is 34.0 Å². The van der Waals surface area contributed by atoms with E-state index in [-0.39, 0.29) is 18.4 Å². The Kier molecular flexibility index (Phi) is 5.29. The first-order valence-corrected chi connectivity index (χ1v) is 9.48. The van der Waals surface area contributed by atoms with Gasteiger partial charge >= 0.3 is 0 Å². The predicted molar refractivity (Wildman–Crippen MR) is 109 cm³/mol. The summed E-state index contributed by atoms with van der Waals surface area (Å²) < 4.78 is 7.60. The first-order valence-electron chi connectivity index (χ1n) is 9.48. The highest BCUT2D eigenvalue weighted by Gasteiger charge is 2.32. The second kappa shape index (κ2) is 8.18. The van der Waals surface area contributed by atoms with Crippen LogP contribution in [-0.2, 0) is 22.7 Å². The second-order valence-corrected chi connectivity index (χ2v) is 6.93. The van der Waals surface area contributed by atoms with Crippen LogP contribution in [0.2, 0.25) is 0 Å². The maximum absolute atomic E-state index is 12.6. The lowest BCUT2D eigenvalue weighted by Crippen LogP contribution is -2.48. The van der Waals surface area contributed by atoms with Gasteiger partial charge in [0, 0.05) is 25.5 Å². The largest absolute Gasteiger partial charge is 0.479 e. The van der Waals surface area contributed by atoms with E-state index in [4.69, 9.17) is 4.74 Å². The van der Waals surface area contributed by atoms with Crippen molar-refractivity contribution in [2.75, 3.05) is 11.4 Å². The van der Waals surface area contributed by atoms with Gasteiger partial charge in [-0.15, -0.1) is 0 Å². The number of imidazole rings is 1. The van der Waals surface area contributed by atoms with E-state index in [0.717, 1.165) is 11.1 Å². The topological polar surface area (TPSA) is 76.5 Å². The number of fused-ring (bicyclic) bond motifs is 1. The van der Waals surface area contributed by atoms with Gasteiger partial charge in [-0.25, -0.2) is 4.98 Å². The molecule has 0 saturated heterocycles. The van der Waals surface area contributed by atoms with Crippen LogP contribution in [0.4, 0.5) is 5.69 Å². The molecule has 29 heavy (non-hydrogen) atoms. The fourth-order valence-electron chi connectivity index (χ4n) is 3.38. The molecule has 2 amide bonds. The van der Waals surface area contributed by atoms with Gasteiger partial charge in [0.1, 0.15) is 12.3 Å². The lowest BCUT2D eigenvalue weighted by molar-refractivity contribution is -0.128. The maximum atomic E-state index is 12.6. The zero-order chi connectivity index (χ0) is 20.2. The zero-order valence-corrected chi connectivity index (χ0v) is 16.1. The zero-order valence-electron chi connectivity index (χ0n) is 16.1. The molecule has 0 fully saturated rings. The highest BCUT2D eigenvalue weighted by atomic mass is 16.5. The van der Waals surface area contributed by atoms with Gasteiger partial charge in [-0.2, -0.15) is 0 Å². The summed E-state index contributed by atoms with van der Waals surface area (Å²) >= 11 is 0. The highest BCUT2D eigenvalue weighted by Crippen LogP contribution is 2.33. The van der Waals surface area contributed by atoms with Gasteiger partial charge in [0.15, 0.2) is 6.10 Å². The van der Waals surface area contributed by atoms with Crippen LogP contribution < -0.4 is 15.0 Å². The van der Waals surface area contributed by atoms with E-state index < -0.39 is 6.10 Å². The number of amides is 2. The molecule has 1 atom stereocenters. The molecule has 0 bridgehead atoms. The number of rotatable bonds is 6. The number of anilines is 1. The average molecular weight is 390 g/mol. The van der Waals surface area contributed by atoms with Crippen LogP contribution in [0.25, 0.3) is 0 Å². The van der Waals surface area contributed by atoms with Gasteiger partial charge in [-0.3, -0.25) is 14.5 Å². The van der Waals surface area contributed by atoms with E-state index in [1.807, 2.05) is 47.2 Å². The number of hydrogen-bond donors (Lipinski definition) is 1. The smallest absolute Gasteiger partial charge is 0.268 e. The number of carbonyl (C=O) groups is 2. The standard InChI is InChI=1S/C22H22N4O3/c1-16-22(28)26(19-8-4-5-9-20(19)29-16)14-21(27)24-12-17-6-2-3-7-18(17)13-25-11-10-23-15-25/h2-11,15-16H,12-14H2,1H3,(H,24,27). The highest BCUT2D eigenvalue weighted by molar-refractivity contribution is 6.03. The van der Waals surface area contributed by atoms with E-state index in [1.54, 1.807) is 31.6 Å². The molecule has 0 radical (unpaired) electrons. The van der Waals surface area contributed by atoms with E-state index in [9.17, 15) is 9.59 Å². The Balaban J connectivity index is 1.43. The van der Waals surface area contributed by atoms with Crippen molar-refractivity contribution >= 4 is 17.5 Å². The molecule has 7 heteroatoms. The molecular weight excluding hydrogens is 368 g/mol. The average Bonchev–Trinajstić information content (AvgIpc) is 3.24. The Labute approximate surface area is 168 Å². The molecule has 1 aromatic heterocycles. The third-order valence-electron chi connectivity index (χ3n) is 4.88. The molecule has 7 nitrogen and oxygen atoms in total. The van der Waals surface area contributed by atoms with Gasteiger partial charge in [-0.05, 0) is 30.2 Å². The third kappa shape index (κ3) is 4.13. The number of nitrogens with one attached hydrogen (secondary N) is 1. The quantitative estimate of drug-likeness (QED) is 0.701. The first kappa shape index (κ1) is 18.7. The molecule has 2 heterocycles. The SMILES string of the molecule is CC1Oc2ccccc2N(CC(=O)NCc2ccccc2Cn2ccnc2)C1=O. The van der Waals surface area contributed by atoms with Gasteiger partial charge in [0.25, 0.3) is 5.91 Å². The van der Waals surface area contributed by atoms with Gasteiger partial charge < -0.3 is 14.6 Å². The number of benzene rings is 2. The third-order valence-corrected chi connectivity index (χ3v) is 4.88. The summed E-state index contributed by atoms with van der Waals surface area (Å²) in [5.41, 5.74) is 2.75. The van der Waals surface area contributed by atoms with Crippen molar-refractivity contribution in [1.82, 2.24) is 14.9 Å². The number of hydrogen-bond acceptors (Lipinski definition) is 4. The molecule has 2 aromatic carbocycles. The summed E-state index contributed by atoms with van der Waals surface area (Å²) in [6.07, 6.45) is 4.78. The lowest BCUT2D eigenvalue weighted by Gasteiger charge is -2.32. The molecule has 1 N–H and O–H groups in total. The molecule has 1 aliphatic rings. The number of ether oxygens (including phenoxy) is 1. The second-order valence-electron chi connectivity index (χ2n) is 6.93. The molecule has 3 aromatic rings. The molecule has 4 rings (SSSR count). The fraction of sp³-hybridized carbons (Fsp3) is 0.227. The maximum Gasteiger partial charge on any atom is 0.268 e. The molecule has 1 aliphatic heterocycles. The Morgan fingerprint density at radius 3 is 2.69 bits per heavy atom. The van der Waals surface area contributed by atoms with Crippen molar-refractivity contribution < 1.29 is 14.3 Å². The van der Waals surface area contributed by atoms with Gasteiger partial charge in [0.2, 0.25) is 5.91 Å². The molecule has 1 unspecified atom stereocenters. The van der Waals surface area contributed by atoms with Gasteiger partial charge in [-0.1, -0.05) is 36.4 Å². The van der Waals surface area contributed by atoms with Crippen LogP contribution >= 0.6 is 0 Å². The van der Waals surface area contributed by atoms with Crippen LogP contribution in [0.5, 0.6) is 5.75 Å². The Morgan fingerprint density at radius 1 is 1.14 bits per heavy atom. The van der Waals surface area contributed by atoms with Crippen LogP contribution in [0, 0.1) is 0 Å². The Hall–Kier alpha value is -3.61. The summed E-state index contributed by atoms with van der Waals surface area (Å²) in [4.78, 5) is 30.7. The van der Waals surface area contributed by atoms with Crippen LogP contribution in [0.15, 0.2) is 67.3 Å². The predicted octanol–water partition coefficient (Wildman–Crippen LogP) is 2.36. The molecule has 0 aliphatic carbocycles. The Morgan fingerprint density at radius 2 is 1.90 bits per heavy atom. The molecule has 148 valence electrons. The minimum atomic E-state index is -0.617. The molecular formula is C22H22N4O3. The van der Waals surface area contributed by atoms with E-state index in [1.165, 1.54) is 4.90 Å². The first-order chi connectivity index (χ1) is 14.1. The summed E-state index contributed by atoms with van der Waals surface area (Å²) in [6.45, 7) is 2.71. The monoisotopic (exact) mass is 390 g/mol. The van der Waals surface area contributed by atoms with Crippen molar-refractivity contribution in [3.63, 3.8) is 0 Å². The van der Waals surface area contributed by atoms with Crippen molar-refractivity contribution in [3.8, 4) is 5.75 Å². The van der Waals surface area contributed by atoms with Crippen molar-refractivity contribution in [2.24, 2.45) is 0 Å². The van der Waals surface area contributed by atoms with Crippen LogP contribution in [0.1, 0.15) is 18.1 Å². The van der Waals surface area contributed by atoms with E-state index >= 15 is 0 Å². The Bertz CT molecular complexity index is 1020. The summed E-state index contributed by atoms with van der Waals surface area (Å²) in [5, 5.41) is 2.93. The molecule has 0 saturated carbocycles. The summed E-state index contributed by atoms with van der Waals surface area (Å²) in [7, 11) is 0. The van der Waals surface area contributed by atoms with Crippen LogP contribution in [0.3, 0.4) is 0 Å². The number of para-hydroxylation sites is 2.